The summed E-state index contributed by atoms with van der Waals surface area (Å²) in [5.41, 5.74) is 2.23. The number of hydrogen-bond donors (Lipinski definition) is 1. The van der Waals surface area contributed by atoms with Crippen LogP contribution >= 0.6 is 0 Å². The van der Waals surface area contributed by atoms with Crippen molar-refractivity contribution in [3.8, 4) is 0 Å². The quantitative estimate of drug-likeness (QED) is 0.875. The number of nitrogens with zero attached hydrogens (tertiary/aromatic N) is 3. The van der Waals surface area contributed by atoms with Gasteiger partial charge < -0.3 is 10.2 Å². The molecule has 0 unspecified atom stereocenters. The van der Waals surface area contributed by atoms with Crippen LogP contribution < -0.4 is 10.2 Å². The van der Waals surface area contributed by atoms with Crippen molar-refractivity contribution in [3.63, 3.8) is 0 Å². The van der Waals surface area contributed by atoms with Gasteiger partial charge in [0.25, 0.3) is 0 Å². The second-order valence-electron chi connectivity index (χ2n) is 4.96. The Morgan fingerprint density at radius 2 is 1.90 bits per heavy atom. The molecule has 1 aromatic carbocycles. The first kappa shape index (κ1) is 14.3. The van der Waals surface area contributed by atoms with Gasteiger partial charge in [0.2, 0.25) is 5.95 Å². The Bertz CT molecular complexity index is 539. The standard InChI is InChI=1S/C16H22N4/c1-4-10-17-15-11-13(2)18-16(19-15)20(3)12-14-8-6-5-7-9-14/h5-9,11H,4,10,12H2,1-3H3,(H,17,18,19). The highest BCUT2D eigenvalue weighted by Gasteiger charge is 2.07. The predicted molar refractivity (Wildman–Crippen MR) is 84.1 cm³/mol. The molecule has 20 heavy (non-hydrogen) atoms. The van der Waals surface area contributed by atoms with Crippen molar-refractivity contribution in [1.29, 1.82) is 0 Å². The molecule has 1 aromatic heterocycles. The summed E-state index contributed by atoms with van der Waals surface area (Å²) in [7, 11) is 2.02. The van der Waals surface area contributed by atoms with Crippen LogP contribution in [-0.2, 0) is 6.54 Å². The molecule has 2 aromatic rings. The van der Waals surface area contributed by atoms with Crippen LogP contribution in [-0.4, -0.2) is 23.6 Å². The number of nitrogens with one attached hydrogen (secondary N) is 1. The first-order chi connectivity index (χ1) is 9.69. The molecule has 0 amide bonds. The highest BCUT2D eigenvalue weighted by Crippen LogP contribution is 2.15. The lowest BCUT2D eigenvalue weighted by atomic mass is 10.2. The molecule has 4 heteroatoms. The Hall–Kier alpha value is -2.10. The molecule has 0 atom stereocenters. The lowest BCUT2D eigenvalue weighted by molar-refractivity contribution is 0.856. The molecule has 0 saturated heterocycles. The van der Waals surface area contributed by atoms with E-state index in [-0.39, 0.29) is 0 Å². The molecule has 106 valence electrons. The van der Waals surface area contributed by atoms with Gasteiger partial charge in [-0.15, -0.1) is 0 Å². The van der Waals surface area contributed by atoms with Crippen molar-refractivity contribution >= 4 is 11.8 Å². The smallest absolute Gasteiger partial charge is 0.227 e. The second-order valence-corrected chi connectivity index (χ2v) is 4.96. The minimum absolute atomic E-state index is 0.757. The number of hydrogen-bond acceptors (Lipinski definition) is 4. The van der Waals surface area contributed by atoms with Crippen molar-refractivity contribution in [1.82, 2.24) is 9.97 Å². The number of anilines is 2. The average Bonchev–Trinajstić information content (AvgIpc) is 2.45. The fourth-order valence-corrected chi connectivity index (χ4v) is 2.00. The van der Waals surface area contributed by atoms with E-state index in [4.69, 9.17) is 0 Å². The predicted octanol–water partition coefficient (Wildman–Crippen LogP) is 3.24. The van der Waals surface area contributed by atoms with Crippen LogP contribution in [0.25, 0.3) is 0 Å². The average molecular weight is 270 g/mol. The van der Waals surface area contributed by atoms with Crippen LogP contribution in [0.1, 0.15) is 24.6 Å². The number of aromatic nitrogens is 2. The van der Waals surface area contributed by atoms with Crippen LogP contribution in [0.4, 0.5) is 11.8 Å². The van der Waals surface area contributed by atoms with E-state index in [9.17, 15) is 0 Å². The molecule has 1 heterocycles. The van der Waals surface area contributed by atoms with Crippen molar-refractivity contribution in [2.45, 2.75) is 26.8 Å². The molecule has 4 nitrogen and oxygen atoms in total. The van der Waals surface area contributed by atoms with Crippen LogP contribution in [0.3, 0.4) is 0 Å². The Morgan fingerprint density at radius 3 is 2.60 bits per heavy atom. The largest absolute Gasteiger partial charge is 0.370 e. The van der Waals surface area contributed by atoms with Gasteiger partial charge in [0.1, 0.15) is 5.82 Å². The topological polar surface area (TPSA) is 41.1 Å². The van der Waals surface area contributed by atoms with E-state index >= 15 is 0 Å². The lowest BCUT2D eigenvalue weighted by Crippen LogP contribution is -2.20. The van der Waals surface area contributed by atoms with E-state index < -0.39 is 0 Å². The van der Waals surface area contributed by atoms with Crippen molar-refractivity contribution in [2.75, 3.05) is 23.8 Å². The molecule has 2 rings (SSSR count). The van der Waals surface area contributed by atoms with Crippen LogP contribution in [0.2, 0.25) is 0 Å². The fraction of sp³-hybridized carbons (Fsp3) is 0.375. The maximum atomic E-state index is 4.57. The summed E-state index contributed by atoms with van der Waals surface area (Å²) in [5, 5.41) is 3.32. The van der Waals surface area contributed by atoms with Crippen LogP contribution in [0.15, 0.2) is 36.4 Å². The van der Waals surface area contributed by atoms with Crippen molar-refractivity contribution in [3.05, 3.63) is 47.7 Å². The van der Waals surface area contributed by atoms with Gasteiger partial charge in [0, 0.05) is 31.9 Å². The Morgan fingerprint density at radius 1 is 1.15 bits per heavy atom. The van der Waals surface area contributed by atoms with E-state index in [2.05, 4.69) is 51.4 Å². The molecule has 0 aliphatic carbocycles. The first-order valence-corrected chi connectivity index (χ1v) is 7.03. The lowest BCUT2D eigenvalue weighted by Gasteiger charge is -2.18. The van der Waals surface area contributed by atoms with Gasteiger partial charge >= 0.3 is 0 Å². The number of benzene rings is 1. The Kier molecular flexibility index (Phi) is 4.93. The SMILES string of the molecule is CCCNc1cc(C)nc(N(C)Cc2ccccc2)n1. The maximum Gasteiger partial charge on any atom is 0.227 e. The highest BCUT2D eigenvalue weighted by molar-refractivity contribution is 5.43. The molecule has 0 spiro atoms. The number of aryl methyl sites for hydroxylation is 1. The highest BCUT2D eigenvalue weighted by atomic mass is 15.2. The third kappa shape index (κ3) is 3.95. The molecule has 0 aliphatic heterocycles. The number of rotatable bonds is 6. The van der Waals surface area contributed by atoms with Gasteiger partial charge in [-0.25, -0.2) is 4.98 Å². The minimum atomic E-state index is 0.757. The summed E-state index contributed by atoms with van der Waals surface area (Å²) in [4.78, 5) is 11.2. The molecular formula is C16H22N4. The molecule has 1 N–H and O–H groups in total. The van der Waals surface area contributed by atoms with E-state index in [0.717, 1.165) is 37.0 Å². The second kappa shape index (κ2) is 6.89. The van der Waals surface area contributed by atoms with Gasteiger partial charge in [-0.05, 0) is 18.9 Å². The zero-order valence-corrected chi connectivity index (χ0v) is 12.4. The van der Waals surface area contributed by atoms with Gasteiger partial charge in [0.15, 0.2) is 0 Å². The van der Waals surface area contributed by atoms with Crippen LogP contribution in [0.5, 0.6) is 0 Å². The summed E-state index contributed by atoms with van der Waals surface area (Å²) in [6.07, 6.45) is 1.08. The first-order valence-electron chi connectivity index (χ1n) is 7.03. The summed E-state index contributed by atoms with van der Waals surface area (Å²) >= 11 is 0. The molecule has 0 radical (unpaired) electrons. The Balaban J connectivity index is 2.12. The molecule has 0 bridgehead atoms. The zero-order chi connectivity index (χ0) is 14.4. The maximum absolute atomic E-state index is 4.57. The Labute approximate surface area is 120 Å². The van der Waals surface area contributed by atoms with Gasteiger partial charge in [0.05, 0.1) is 0 Å². The molecule has 0 fully saturated rings. The van der Waals surface area contributed by atoms with E-state index in [0.29, 0.717) is 0 Å². The summed E-state index contributed by atoms with van der Waals surface area (Å²) in [5.74, 6) is 1.65. The van der Waals surface area contributed by atoms with Crippen molar-refractivity contribution in [2.24, 2.45) is 0 Å². The molecule has 0 aliphatic rings. The summed E-state index contributed by atoms with van der Waals surface area (Å²) in [6.45, 7) is 5.87. The summed E-state index contributed by atoms with van der Waals surface area (Å²) in [6, 6.07) is 12.3. The fourth-order valence-electron chi connectivity index (χ4n) is 2.00. The summed E-state index contributed by atoms with van der Waals surface area (Å²) < 4.78 is 0. The third-order valence-electron chi connectivity index (χ3n) is 3.00. The minimum Gasteiger partial charge on any atom is -0.370 e. The van der Waals surface area contributed by atoms with E-state index in [1.54, 1.807) is 0 Å². The van der Waals surface area contributed by atoms with Crippen molar-refractivity contribution < 1.29 is 0 Å². The van der Waals surface area contributed by atoms with Crippen LogP contribution in [0, 0.1) is 6.92 Å². The van der Waals surface area contributed by atoms with Gasteiger partial charge in [-0.1, -0.05) is 37.3 Å². The van der Waals surface area contributed by atoms with E-state index in [1.165, 1.54) is 5.56 Å². The normalized spacial score (nSPS) is 10.3. The molecular weight excluding hydrogens is 248 g/mol. The monoisotopic (exact) mass is 270 g/mol. The van der Waals surface area contributed by atoms with Gasteiger partial charge in [-0.2, -0.15) is 4.98 Å². The zero-order valence-electron chi connectivity index (χ0n) is 12.4. The van der Waals surface area contributed by atoms with Gasteiger partial charge in [-0.3, -0.25) is 0 Å². The van der Waals surface area contributed by atoms with E-state index in [1.807, 2.05) is 26.1 Å². The third-order valence-corrected chi connectivity index (χ3v) is 3.00. The molecule has 0 saturated carbocycles.